The lowest BCUT2D eigenvalue weighted by molar-refractivity contribution is 0.103. The minimum absolute atomic E-state index is 0.149. The summed E-state index contributed by atoms with van der Waals surface area (Å²) in [4.78, 5) is 0. The summed E-state index contributed by atoms with van der Waals surface area (Å²) in [6, 6.07) is 4.57. The van der Waals surface area contributed by atoms with Crippen LogP contribution in [0.2, 0.25) is 0 Å². The number of rotatable bonds is 5. The Balaban J connectivity index is 2.67. The molecular weight excluding hydrogens is 209 g/mol. The van der Waals surface area contributed by atoms with E-state index < -0.39 is 5.54 Å². The van der Waals surface area contributed by atoms with Crippen LogP contribution in [-0.4, -0.2) is 29.0 Å². The molecule has 3 N–H and O–H groups in total. The normalized spacial score (nSPS) is 11.8. The quantitative estimate of drug-likeness (QED) is 0.702. The van der Waals surface area contributed by atoms with Crippen molar-refractivity contribution in [2.45, 2.75) is 25.9 Å². The van der Waals surface area contributed by atoms with Gasteiger partial charge in [-0.2, -0.15) is 0 Å². The summed E-state index contributed by atoms with van der Waals surface area (Å²) < 4.78 is 12.9. The van der Waals surface area contributed by atoms with Crippen LogP contribution in [0.15, 0.2) is 18.2 Å². The fourth-order valence-electron chi connectivity index (χ4n) is 1.33. The number of hydrogen-bond donors (Lipinski definition) is 3. The molecule has 0 fully saturated rings. The van der Waals surface area contributed by atoms with Crippen LogP contribution < -0.4 is 5.32 Å². The first-order chi connectivity index (χ1) is 7.50. The number of benzene rings is 1. The lowest BCUT2D eigenvalue weighted by Crippen LogP contribution is -2.48. The number of nitrogens with one attached hydrogen (secondary N) is 1. The van der Waals surface area contributed by atoms with Crippen LogP contribution >= 0.6 is 0 Å². The Morgan fingerprint density at radius 2 is 1.94 bits per heavy atom. The Hall–Kier alpha value is -0.970. The summed E-state index contributed by atoms with van der Waals surface area (Å²) >= 11 is 0. The van der Waals surface area contributed by atoms with Crippen LogP contribution in [0.5, 0.6) is 0 Å². The summed E-state index contributed by atoms with van der Waals surface area (Å²) in [5.41, 5.74) is 1.10. The lowest BCUT2D eigenvalue weighted by Gasteiger charge is -2.26. The van der Waals surface area contributed by atoms with E-state index in [1.165, 1.54) is 12.1 Å². The van der Waals surface area contributed by atoms with Crippen LogP contribution in [0, 0.1) is 12.7 Å². The first kappa shape index (κ1) is 13.1. The van der Waals surface area contributed by atoms with Gasteiger partial charge in [-0.25, -0.2) is 4.39 Å². The Labute approximate surface area is 94.9 Å². The number of aliphatic hydroxyl groups is 2. The van der Waals surface area contributed by atoms with Gasteiger partial charge in [0.15, 0.2) is 0 Å². The maximum Gasteiger partial charge on any atom is 0.123 e. The van der Waals surface area contributed by atoms with Crippen LogP contribution in [-0.2, 0) is 6.54 Å². The molecule has 4 heteroatoms. The highest BCUT2D eigenvalue weighted by atomic mass is 19.1. The smallest absolute Gasteiger partial charge is 0.123 e. The highest BCUT2D eigenvalue weighted by Gasteiger charge is 2.21. The van der Waals surface area contributed by atoms with E-state index in [2.05, 4.69) is 5.32 Å². The zero-order valence-electron chi connectivity index (χ0n) is 9.63. The van der Waals surface area contributed by atoms with E-state index in [9.17, 15) is 4.39 Å². The van der Waals surface area contributed by atoms with Gasteiger partial charge in [-0.15, -0.1) is 0 Å². The highest BCUT2D eigenvalue weighted by Crippen LogP contribution is 2.11. The molecule has 0 aliphatic rings. The van der Waals surface area contributed by atoms with E-state index >= 15 is 0 Å². The predicted octanol–water partition coefficient (Wildman–Crippen LogP) is 0.967. The van der Waals surface area contributed by atoms with Crippen molar-refractivity contribution in [3.63, 3.8) is 0 Å². The van der Waals surface area contributed by atoms with E-state index in [1.54, 1.807) is 13.0 Å². The van der Waals surface area contributed by atoms with Crippen molar-refractivity contribution in [3.8, 4) is 0 Å². The first-order valence-electron chi connectivity index (χ1n) is 5.22. The molecule has 0 heterocycles. The molecule has 1 aromatic rings. The summed E-state index contributed by atoms with van der Waals surface area (Å²) in [6.45, 7) is 3.75. The number of hydrogen-bond acceptors (Lipinski definition) is 3. The molecule has 0 bridgehead atoms. The molecule has 1 aromatic carbocycles. The van der Waals surface area contributed by atoms with Gasteiger partial charge in [0.2, 0.25) is 0 Å². The molecule has 3 nitrogen and oxygen atoms in total. The van der Waals surface area contributed by atoms with Crippen molar-refractivity contribution in [2.24, 2.45) is 0 Å². The third-order valence-corrected chi connectivity index (χ3v) is 2.71. The second-order valence-electron chi connectivity index (χ2n) is 4.30. The Morgan fingerprint density at radius 1 is 1.31 bits per heavy atom. The van der Waals surface area contributed by atoms with Gasteiger partial charge in [0.25, 0.3) is 0 Å². The minimum atomic E-state index is -0.708. The maximum absolute atomic E-state index is 12.9. The molecule has 1 rings (SSSR count). The van der Waals surface area contributed by atoms with Crippen molar-refractivity contribution >= 4 is 0 Å². The Bertz CT molecular complexity index is 351. The molecule has 0 unspecified atom stereocenters. The van der Waals surface area contributed by atoms with Gasteiger partial charge in [0.05, 0.1) is 18.8 Å². The van der Waals surface area contributed by atoms with Crippen molar-refractivity contribution in [2.75, 3.05) is 13.2 Å². The molecule has 0 saturated carbocycles. The molecular formula is C12H18FNO2. The van der Waals surface area contributed by atoms with Crippen LogP contribution in [0.4, 0.5) is 4.39 Å². The zero-order valence-corrected chi connectivity index (χ0v) is 9.63. The van der Waals surface area contributed by atoms with Gasteiger partial charge in [-0.05, 0) is 37.1 Å². The predicted molar refractivity (Wildman–Crippen MR) is 60.6 cm³/mol. The molecule has 0 spiro atoms. The van der Waals surface area contributed by atoms with E-state index in [1.807, 2.05) is 6.92 Å². The second-order valence-corrected chi connectivity index (χ2v) is 4.30. The van der Waals surface area contributed by atoms with Crippen molar-refractivity contribution in [1.29, 1.82) is 0 Å². The molecule has 0 aliphatic heterocycles. The standard InChI is InChI=1S/C12H18FNO2/c1-9-5-11(13)4-3-10(9)6-14-12(2,7-15)8-16/h3-5,14-16H,6-8H2,1-2H3. The van der Waals surface area contributed by atoms with Crippen molar-refractivity contribution in [3.05, 3.63) is 35.1 Å². The van der Waals surface area contributed by atoms with E-state index in [4.69, 9.17) is 10.2 Å². The van der Waals surface area contributed by atoms with Crippen molar-refractivity contribution in [1.82, 2.24) is 5.32 Å². The SMILES string of the molecule is Cc1cc(F)ccc1CNC(C)(CO)CO. The molecule has 0 saturated heterocycles. The molecule has 0 aliphatic carbocycles. The van der Waals surface area contributed by atoms with Gasteiger partial charge in [0, 0.05) is 6.54 Å². The average Bonchev–Trinajstić information content (AvgIpc) is 2.27. The molecule has 90 valence electrons. The molecule has 0 aromatic heterocycles. The fourth-order valence-corrected chi connectivity index (χ4v) is 1.33. The fraction of sp³-hybridized carbons (Fsp3) is 0.500. The summed E-state index contributed by atoms with van der Waals surface area (Å²) in [6.07, 6.45) is 0. The van der Waals surface area contributed by atoms with Crippen LogP contribution in [0.3, 0.4) is 0 Å². The summed E-state index contributed by atoms with van der Waals surface area (Å²) in [7, 11) is 0. The highest BCUT2D eigenvalue weighted by molar-refractivity contribution is 5.26. The van der Waals surface area contributed by atoms with Gasteiger partial charge in [0.1, 0.15) is 5.82 Å². The third-order valence-electron chi connectivity index (χ3n) is 2.71. The first-order valence-corrected chi connectivity index (χ1v) is 5.22. The topological polar surface area (TPSA) is 52.5 Å². The second kappa shape index (κ2) is 5.39. The zero-order chi connectivity index (χ0) is 12.2. The monoisotopic (exact) mass is 227 g/mol. The maximum atomic E-state index is 12.9. The van der Waals surface area contributed by atoms with Gasteiger partial charge >= 0.3 is 0 Å². The third kappa shape index (κ3) is 3.27. The van der Waals surface area contributed by atoms with Gasteiger partial charge in [-0.1, -0.05) is 6.07 Å². The molecule has 0 amide bonds. The van der Waals surface area contributed by atoms with E-state index in [-0.39, 0.29) is 19.0 Å². The van der Waals surface area contributed by atoms with Crippen molar-refractivity contribution < 1.29 is 14.6 Å². The average molecular weight is 227 g/mol. The van der Waals surface area contributed by atoms with Gasteiger partial charge in [-0.3, -0.25) is 0 Å². The lowest BCUT2D eigenvalue weighted by atomic mass is 10.0. The minimum Gasteiger partial charge on any atom is -0.394 e. The molecule has 0 radical (unpaired) electrons. The molecule has 0 atom stereocenters. The molecule has 16 heavy (non-hydrogen) atoms. The Morgan fingerprint density at radius 3 is 2.44 bits per heavy atom. The number of aryl methyl sites for hydroxylation is 1. The number of aliphatic hydroxyl groups excluding tert-OH is 2. The largest absolute Gasteiger partial charge is 0.394 e. The number of halogens is 1. The Kier molecular flexibility index (Phi) is 4.41. The van der Waals surface area contributed by atoms with Crippen LogP contribution in [0.1, 0.15) is 18.1 Å². The van der Waals surface area contributed by atoms with Crippen LogP contribution in [0.25, 0.3) is 0 Å². The van der Waals surface area contributed by atoms with E-state index in [0.29, 0.717) is 6.54 Å². The van der Waals surface area contributed by atoms with Gasteiger partial charge < -0.3 is 15.5 Å². The summed E-state index contributed by atoms with van der Waals surface area (Å²) in [5.74, 6) is -0.256. The van der Waals surface area contributed by atoms with E-state index in [0.717, 1.165) is 11.1 Å². The summed E-state index contributed by atoms with van der Waals surface area (Å²) in [5, 5.41) is 21.2.